The quantitative estimate of drug-likeness (QED) is 0.937. The van der Waals surface area contributed by atoms with Crippen LogP contribution in [0.1, 0.15) is 24.1 Å². The van der Waals surface area contributed by atoms with E-state index in [1.165, 1.54) is 0 Å². The number of nitrogens with zero attached hydrogens (tertiary/aromatic N) is 3. The molecule has 1 unspecified atom stereocenters. The summed E-state index contributed by atoms with van der Waals surface area (Å²) in [5.74, 6) is 0. The van der Waals surface area contributed by atoms with Crippen LogP contribution in [0.3, 0.4) is 0 Å². The lowest BCUT2D eigenvalue weighted by Gasteiger charge is -2.09. The fraction of sp³-hybridized carbons (Fsp3) is 0.273. The number of nitrogens with two attached hydrogens (primary N) is 1. The Labute approximate surface area is 103 Å². The maximum Gasteiger partial charge on any atom is 0.0598 e. The van der Waals surface area contributed by atoms with E-state index in [0.29, 0.717) is 0 Å². The normalized spacial score (nSPS) is 12.7. The van der Waals surface area contributed by atoms with Crippen molar-refractivity contribution in [2.75, 3.05) is 0 Å². The van der Waals surface area contributed by atoms with Crippen LogP contribution >= 0.6 is 15.9 Å². The molecule has 0 saturated heterocycles. The van der Waals surface area contributed by atoms with E-state index >= 15 is 0 Å². The first-order valence-electron chi connectivity index (χ1n) is 5.09. The van der Waals surface area contributed by atoms with Crippen molar-refractivity contribution >= 4 is 15.9 Å². The van der Waals surface area contributed by atoms with Gasteiger partial charge in [0.1, 0.15) is 0 Å². The van der Waals surface area contributed by atoms with Crippen LogP contribution < -0.4 is 5.73 Å². The minimum atomic E-state index is -0.176. The van der Waals surface area contributed by atoms with Crippen LogP contribution in [-0.4, -0.2) is 14.8 Å². The van der Waals surface area contributed by atoms with Gasteiger partial charge in [0.2, 0.25) is 0 Å². The number of hydrogen-bond donors (Lipinski definition) is 1. The summed E-state index contributed by atoms with van der Waals surface area (Å²) in [4.78, 5) is 4.10. The molecule has 0 aromatic carbocycles. The molecule has 2 heterocycles. The van der Waals surface area contributed by atoms with Crippen LogP contribution in [0.4, 0.5) is 0 Å². The second kappa shape index (κ2) is 4.76. The summed E-state index contributed by atoms with van der Waals surface area (Å²) in [6, 6.07) is 1.80. The molecule has 4 nitrogen and oxygen atoms in total. The third kappa shape index (κ3) is 2.31. The first kappa shape index (κ1) is 11.3. The van der Waals surface area contributed by atoms with E-state index in [2.05, 4.69) is 26.0 Å². The molecule has 84 valence electrons. The Bertz CT molecular complexity index is 480. The van der Waals surface area contributed by atoms with E-state index < -0.39 is 0 Å². The van der Waals surface area contributed by atoms with Crippen molar-refractivity contribution in [3.8, 4) is 0 Å². The maximum atomic E-state index is 6.14. The first-order valence-corrected chi connectivity index (χ1v) is 5.88. The van der Waals surface area contributed by atoms with E-state index in [-0.39, 0.29) is 6.04 Å². The van der Waals surface area contributed by atoms with Crippen molar-refractivity contribution in [3.05, 3.63) is 46.5 Å². The predicted octanol–water partition coefficient (Wildman–Crippen LogP) is 2.11. The SMILES string of the molecule is CCn1cc(C(N)c2cncc(Br)c2)cn1. The van der Waals surface area contributed by atoms with Gasteiger partial charge in [-0.25, -0.2) is 0 Å². The van der Waals surface area contributed by atoms with Crippen LogP contribution in [0.15, 0.2) is 35.3 Å². The summed E-state index contributed by atoms with van der Waals surface area (Å²) >= 11 is 3.38. The fourth-order valence-corrected chi connectivity index (χ4v) is 1.89. The topological polar surface area (TPSA) is 56.7 Å². The molecule has 5 heteroatoms. The molecule has 0 spiro atoms. The molecule has 1 atom stereocenters. The Morgan fingerprint density at radius 2 is 2.19 bits per heavy atom. The summed E-state index contributed by atoms with van der Waals surface area (Å²) in [6.07, 6.45) is 7.28. The molecule has 0 aliphatic rings. The Balaban J connectivity index is 2.27. The van der Waals surface area contributed by atoms with Crippen molar-refractivity contribution in [1.29, 1.82) is 0 Å². The van der Waals surface area contributed by atoms with E-state index in [9.17, 15) is 0 Å². The van der Waals surface area contributed by atoms with Gasteiger partial charge in [0, 0.05) is 35.2 Å². The van der Waals surface area contributed by atoms with Crippen molar-refractivity contribution < 1.29 is 0 Å². The van der Waals surface area contributed by atoms with E-state index in [0.717, 1.165) is 22.1 Å². The zero-order valence-electron chi connectivity index (χ0n) is 8.97. The third-order valence-corrected chi connectivity index (χ3v) is 2.86. The molecular weight excluding hydrogens is 268 g/mol. The summed E-state index contributed by atoms with van der Waals surface area (Å²) in [5.41, 5.74) is 8.12. The van der Waals surface area contributed by atoms with Crippen LogP contribution in [0, 0.1) is 0 Å². The molecule has 2 rings (SSSR count). The zero-order chi connectivity index (χ0) is 11.5. The molecule has 0 amide bonds. The summed E-state index contributed by atoms with van der Waals surface area (Å²) in [6.45, 7) is 2.90. The molecular formula is C11H13BrN4. The van der Waals surface area contributed by atoms with Gasteiger partial charge in [0.05, 0.1) is 12.2 Å². The Kier molecular flexibility index (Phi) is 3.36. The molecule has 0 aliphatic carbocycles. The van der Waals surface area contributed by atoms with Crippen molar-refractivity contribution in [1.82, 2.24) is 14.8 Å². The summed E-state index contributed by atoms with van der Waals surface area (Å²) in [5, 5.41) is 4.21. The Hall–Kier alpha value is -1.20. The van der Waals surface area contributed by atoms with Crippen LogP contribution in [-0.2, 0) is 6.54 Å². The second-order valence-corrected chi connectivity index (χ2v) is 4.46. The second-order valence-electron chi connectivity index (χ2n) is 3.54. The Morgan fingerprint density at radius 3 is 2.81 bits per heavy atom. The highest BCUT2D eigenvalue weighted by atomic mass is 79.9. The molecule has 0 bridgehead atoms. The monoisotopic (exact) mass is 280 g/mol. The van der Waals surface area contributed by atoms with Gasteiger partial charge in [-0.05, 0) is 34.5 Å². The lowest BCUT2D eigenvalue weighted by molar-refractivity contribution is 0.658. The van der Waals surface area contributed by atoms with Gasteiger partial charge in [-0.1, -0.05) is 0 Å². The average molecular weight is 281 g/mol. The Morgan fingerprint density at radius 1 is 1.38 bits per heavy atom. The predicted molar refractivity (Wildman–Crippen MR) is 65.9 cm³/mol. The number of aromatic nitrogens is 3. The fourth-order valence-electron chi connectivity index (χ4n) is 1.50. The molecule has 16 heavy (non-hydrogen) atoms. The van der Waals surface area contributed by atoms with Gasteiger partial charge in [0.25, 0.3) is 0 Å². The van der Waals surface area contributed by atoms with Crippen molar-refractivity contribution in [2.24, 2.45) is 5.73 Å². The molecule has 0 aliphatic heterocycles. The highest BCUT2D eigenvalue weighted by molar-refractivity contribution is 9.10. The lowest BCUT2D eigenvalue weighted by Crippen LogP contribution is -2.11. The van der Waals surface area contributed by atoms with Gasteiger partial charge in [0.15, 0.2) is 0 Å². The number of aryl methyl sites for hydroxylation is 1. The van der Waals surface area contributed by atoms with Gasteiger partial charge in [-0.2, -0.15) is 5.10 Å². The van der Waals surface area contributed by atoms with E-state index in [4.69, 9.17) is 5.73 Å². The van der Waals surface area contributed by atoms with Crippen molar-refractivity contribution in [2.45, 2.75) is 19.5 Å². The number of hydrogen-bond acceptors (Lipinski definition) is 3. The zero-order valence-corrected chi connectivity index (χ0v) is 10.6. The summed E-state index contributed by atoms with van der Waals surface area (Å²) < 4.78 is 2.80. The van der Waals surface area contributed by atoms with Crippen LogP contribution in [0.5, 0.6) is 0 Å². The van der Waals surface area contributed by atoms with Gasteiger partial charge in [-0.3, -0.25) is 9.67 Å². The molecule has 0 saturated carbocycles. The highest BCUT2D eigenvalue weighted by Gasteiger charge is 2.11. The highest BCUT2D eigenvalue weighted by Crippen LogP contribution is 2.20. The lowest BCUT2D eigenvalue weighted by atomic mass is 10.1. The van der Waals surface area contributed by atoms with Crippen LogP contribution in [0.25, 0.3) is 0 Å². The standard InChI is InChI=1S/C11H13BrN4/c1-2-16-7-9(5-15-16)11(13)8-3-10(12)6-14-4-8/h3-7,11H,2,13H2,1H3. The largest absolute Gasteiger partial charge is 0.320 e. The third-order valence-electron chi connectivity index (χ3n) is 2.42. The molecule has 2 N–H and O–H groups in total. The number of halogens is 1. The number of rotatable bonds is 3. The first-order chi connectivity index (χ1) is 7.70. The smallest absolute Gasteiger partial charge is 0.0598 e. The van der Waals surface area contributed by atoms with Crippen LogP contribution in [0.2, 0.25) is 0 Å². The van der Waals surface area contributed by atoms with Crippen molar-refractivity contribution in [3.63, 3.8) is 0 Å². The van der Waals surface area contributed by atoms with E-state index in [1.54, 1.807) is 18.6 Å². The minimum Gasteiger partial charge on any atom is -0.320 e. The van der Waals surface area contributed by atoms with Gasteiger partial charge < -0.3 is 5.73 Å². The average Bonchev–Trinajstić information content (AvgIpc) is 2.76. The molecule has 2 aromatic rings. The summed E-state index contributed by atoms with van der Waals surface area (Å²) in [7, 11) is 0. The van der Waals surface area contributed by atoms with E-state index in [1.807, 2.05) is 23.9 Å². The van der Waals surface area contributed by atoms with Gasteiger partial charge >= 0.3 is 0 Å². The molecule has 0 radical (unpaired) electrons. The minimum absolute atomic E-state index is 0.176. The number of pyridine rings is 1. The molecule has 2 aromatic heterocycles. The maximum absolute atomic E-state index is 6.14. The molecule has 0 fully saturated rings. The van der Waals surface area contributed by atoms with Gasteiger partial charge in [-0.15, -0.1) is 0 Å².